The van der Waals surface area contributed by atoms with E-state index in [0.29, 0.717) is 13.1 Å². The molecule has 0 fully saturated rings. The van der Waals surface area contributed by atoms with E-state index in [1.807, 2.05) is 0 Å². The molecule has 0 saturated heterocycles. The molecule has 23 heavy (non-hydrogen) atoms. The van der Waals surface area contributed by atoms with Crippen LogP contribution in [0.4, 0.5) is 13.2 Å². The monoisotopic (exact) mass is 352 g/mol. The third kappa shape index (κ3) is 6.11. The Kier molecular flexibility index (Phi) is 8.71. The number of hydrogen-bond donors (Lipinski definition) is 1. The van der Waals surface area contributed by atoms with Gasteiger partial charge < -0.3 is 15.0 Å². The van der Waals surface area contributed by atoms with Crippen molar-refractivity contribution in [1.29, 1.82) is 0 Å². The van der Waals surface area contributed by atoms with Crippen molar-refractivity contribution < 1.29 is 22.7 Å². The zero-order chi connectivity index (χ0) is 16.8. The number of nitrogens with one attached hydrogen (secondary N) is 1. The predicted molar refractivity (Wildman–Crippen MR) is 85.3 cm³/mol. The van der Waals surface area contributed by atoms with Crippen LogP contribution in [0.3, 0.4) is 0 Å². The van der Waals surface area contributed by atoms with E-state index >= 15 is 0 Å². The van der Waals surface area contributed by atoms with Crippen LogP contribution in [0, 0.1) is 0 Å². The topological polar surface area (TPSA) is 41.6 Å². The van der Waals surface area contributed by atoms with Gasteiger partial charge in [-0.25, -0.2) is 0 Å². The van der Waals surface area contributed by atoms with Crippen molar-refractivity contribution in [2.24, 2.45) is 0 Å². The molecular formula is C15H20ClF3N2O2. The lowest BCUT2D eigenvalue weighted by atomic mass is 10.1. The quantitative estimate of drug-likeness (QED) is 0.767. The van der Waals surface area contributed by atoms with Crippen molar-refractivity contribution in [3.8, 4) is 5.75 Å². The molecular weight excluding hydrogens is 333 g/mol. The molecule has 1 rings (SSSR count). The summed E-state index contributed by atoms with van der Waals surface area (Å²) in [5, 5.41) is 2.87. The number of benzene rings is 1. The highest BCUT2D eigenvalue weighted by Crippen LogP contribution is 2.33. The van der Waals surface area contributed by atoms with Gasteiger partial charge in [0.05, 0.1) is 11.1 Å². The van der Waals surface area contributed by atoms with Gasteiger partial charge in [-0.3, -0.25) is 4.79 Å². The van der Waals surface area contributed by atoms with Crippen LogP contribution >= 0.6 is 12.4 Å². The summed E-state index contributed by atoms with van der Waals surface area (Å²) < 4.78 is 43.8. The number of carbonyl (C=O) groups excluding carboxylic acids is 1. The fourth-order valence-corrected chi connectivity index (χ4v) is 1.73. The van der Waals surface area contributed by atoms with E-state index in [-0.39, 0.29) is 30.3 Å². The van der Waals surface area contributed by atoms with Gasteiger partial charge in [-0.2, -0.15) is 13.2 Å². The van der Waals surface area contributed by atoms with Crippen LogP contribution < -0.4 is 10.1 Å². The van der Waals surface area contributed by atoms with Crippen molar-refractivity contribution in [2.45, 2.75) is 6.18 Å². The Morgan fingerprint density at radius 3 is 2.61 bits per heavy atom. The number of alkyl halides is 3. The van der Waals surface area contributed by atoms with Crippen LogP contribution in [0.5, 0.6) is 5.75 Å². The molecule has 0 atom stereocenters. The minimum absolute atomic E-state index is 0. The summed E-state index contributed by atoms with van der Waals surface area (Å²) in [5.74, 6) is -0.422. The molecule has 0 spiro atoms. The molecule has 1 aromatic carbocycles. The molecule has 0 radical (unpaired) electrons. The van der Waals surface area contributed by atoms with E-state index in [9.17, 15) is 18.0 Å². The fourth-order valence-electron chi connectivity index (χ4n) is 1.73. The summed E-state index contributed by atoms with van der Waals surface area (Å²) in [4.78, 5) is 13.7. The van der Waals surface area contributed by atoms with E-state index in [2.05, 4.69) is 11.9 Å². The van der Waals surface area contributed by atoms with E-state index in [1.165, 1.54) is 18.0 Å². The van der Waals surface area contributed by atoms with E-state index in [4.69, 9.17) is 4.74 Å². The van der Waals surface area contributed by atoms with Crippen molar-refractivity contribution in [1.82, 2.24) is 10.2 Å². The first-order valence-corrected chi connectivity index (χ1v) is 6.66. The molecule has 1 N–H and O–H groups in total. The maximum atomic E-state index is 12.8. The molecule has 0 saturated carbocycles. The number of halogens is 4. The third-order valence-electron chi connectivity index (χ3n) is 2.94. The summed E-state index contributed by atoms with van der Waals surface area (Å²) in [6, 6.07) is 2.87. The summed E-state index contributed by atoms with van der Waals surface area (Å²) in [6.07, 6.45) is -3.06. The van der Waals surface area contributed by atoms with E-state index in [0.717, 1.165) is 18.2 Å². The molecule has 0 aliphatic rings. The predicted octanol–water partition coefficient (Wildman–Crippen LogP) is 2.98. The minimum Gasteiger partial charge on any atom is -0.489 e. The second-order valence-corrected chi connectivity index (χ2v) is 4.64. The molecule has 0 aliphatic carbocycles. The highest BCUT2D eigenvalue weighted by molar-refractivity contribution is 5.97. The molecule has 130 valence electrons. The second kappa shape index (κ2) is 9.42. The largest absolute Gasteiger partial charge is 0.489 e. The summed E-state index contributed by atoms with van der Waals surface area (Å²) in [7, 11) is 3.25. The van der Waals surface area contributed by atoms with Crippen LogP contribution in [-0.2, 0) is 6.18 Å². The number of rotatable bonds is 7. The standard InChI is InChI=1S/C15H19F3N2O2.ClH/c1-4-9-22-13-6-5-11(15(16,17)18)10-12(13)14(21)20(3)8-7-19-2;/h4-6,10,19H,1,7-9H2,2-3H3;1H. The lowest BCUT2D eigenvalue weighted by molar-refractivity contribution is -0.137. The molecule has 0 aliphatic heterocycles. The number of ether oxygens (including phenoxy) is 1. The van der Waals surface area contributed by atoms with Crippen molar-refractivity contribution in [3.63, 3.8) is 0 Å². The van der Waals surface area contributed by atoms with Crippen molar-refractivity contribution in [3.05, 3.63) is 42.0 Å². The maximum Gasteiger partial charge on any atom is 0.416 e. The Morgan fingerprint density at radius 1 is 1.43 bits per heavy atom. The Bertz CT molecular complexity index is 536. The number of nitrogens with zero attached hydrogens (tertiary/aromatic N) is 1. The number of amides is 1. The van der Waals surface area contributed by atoms with Gasteiger partial charge in [0.2, 0.25) is 0 Å². The SMILES string of the molecule is C=CCOc1ccc(C(F)(F)F)cc1C(=O)N(C)CCNC.Cl. The average molecular weight is 353 g/mol. The molecule has 0 bridgehead atoms. The molecule has 0 unspecified atom stereocenters. The van der Waals surface area contributed by atoms with Gasteiger partial charge in [0.25, 0.3) is 5.91 Å². The number of likely N-dealkylation sites (N-methyl/N-ethyl adjacent to an activating group) is 2. The van der Waals surface area contributed by atoms with Crippen LogP contribution in [0.1, 0.15) is 15.9 Å². The smallest absolute Gasteiger partial charge is 0.416 e. The van der Waals surface area contributed by atoms with Crippen molar-refractivity contribution >= 4 is 18.3 Å². The molecule has 1 amide bonds. The zero-order valence-electron chi connectivity index (χ0n) is 12.9. The molecule has 0 heterocycles. The second-order valence-electron chi connectivity index (χ2n) is 4.64. The Morgan fingerprint density at radius 2 is 2.09 bits per heavy atom. The van der Waals surface area contributed by atoms with Crippen molar-refractivity contribution in [2.75, 3.05) is 33.8 Å². The van der Waals surface area contributed by atoms with Gasteiger partial charge in [0, 0.05) is 20.1 Å². The van der Waals surface area contributed by atoms with Crippen LogP contribution in [0.2, 0.25) is 0 Å². The van der Waals surface area contributed by atoms with Gasteiger partial charge in [0.15, 0.2) is 0 Å². The minimum atomic E-state index is -4.52. The first-order valence-electron chi connectivity index (χ1n) is 6.66. The highest BCUT2D eigenvalue weighted by atomic mass is 35.5. The van der Waals surface area contributed by atoms with Gasteiger partial charge in [-0.15, -0.1) is 12.4 Å². The summed E-state index contributed by atoms with van der Waals surface area (Å²) in [6.45, 7) is 4.48. The van der Waals surface area contributed by atoms with Gasteiger partial charge in [-0.05, 0) is 25.2 Å². The highest BCUT2D eigenvalue weighted by Gasteiger charge is 2.32. The average Bonchev–Trinajstić information content (AvgIpc) is 2.48. The molecule has 0 aromatic heterocycles. The fraction of sp³-hybridized carbons (Fsp3) is 0.400. The normalized spacial score (nSPS) is 10.7. The molecule has 1 aromatic rings. The molecule has 4 nitrogen and oxygen atoms in total. The van der Waals surface area contributed by atoms with E-state index in [1.54, 1.807) is 7.05 Å². The van der Waals surface area contributed by atoms with Crippen LogP contribution in [0.25, 0.3) is 0 Å². The Balaban J connectivity index is 0.00000484. The lowest BCUT2D eigenvalue weighted by Crippen LogP contribution is -2.33. The summed E-state index contributed by atoms with van der Waals surface area (Å²) in [5.41, 5.74) is -1.00. The van der Waals surface area contributed by atoms with Gasteiger partial charge >= 0.3 is 6.18 Å². The van der Waals surface area contributed by atoms with Crippen LogP contribution in [0.15, 0.2) is 30.9 Å². The number of hydrogen-bond acceptors (Lipinski definition) is 3. The van der Waals surface area contributed by atoms with Gasteiger partial charge in [-0.1, -0.05) is 12.7 Å². The summed E-state index contributed by atoms with van der Waals surface area (Å²) >= 11 is 0. The first kappa shape index (κ1) is 21.3. The van der Waals surface area contributed by atoms with E-state index < -0.39 is 17.6 Å². The zero-order valence-corrected chi connectivity index (χ0v) is 13.8. The lowest BCUT2D eigenvalue weighted by Gasteiger charge is -2.20. The maximum absolute atomic E-state index is 12.8. The number of carbonyl (C=O) groups is 1. The molecule has 8 heteroatoms. The van der Waals surface area contributed by atoms with Gasteiger partial charge in [0.1, 0.15) is 12.4 Å². The Labute approximate surface area is 139 Å². The first-order chi connectivity index (χ1) is 10.3. The van der Waals surface area contributed by atoms with Crippen LogP contribution in [-0.4, -0.2) is 44.6 Å². The Hall–Kier alpha value is -1.73. The third-order valence-corrected chi connectivity index (χ3v) is 2.94.